The lowest BCUT2D eigenvalue weighted by molar-refractivity contribution is 0.0762. The summed E-state index contributed by atoms with van der Waals surface area (Å²) in [4.78, 5) is 16.4. The first-order valence-electron chi connectivity index (χ1n) is 5.58. The average Bonchev–Trinajstić information content (AvgIpc) is 2.84. The van der Waals surface area contributed by atoms with Gasteiger partial charge in [-0.05, 0) is 12.8 Å². The maximum Gasteiger partial charge on any atom is 0.263 e. The van der Waals surface area contributed by atoms with Crippen molar-refractivity contribution in [3.8, 4) is 0 Å². The molecule has 2 rings (SSSR count). The molecule has 5 heteroatoms. The van der Waals surface area contributed by atoms with Gasteiger partial charge in [0.2, 0.25) is 0 Å². The molecular formula is C11H16N2O2S. The molecule has 1 aromatic heterocycles. The first-order valence-corrected chi connectivity index (χ1v) is 6.46. The number of carbonyl (C=O) groups excluding carboxylic acids is 1. The van der Waals surface area contributed by atoms with Crippen LogP contribution in [-0.2, 0) is 0 Å². The molecule has 0 radical (unpaired) electrons. The predicted octanol–water partition coefficient (Wildman–Crippen LogP) is 1.57. The minimum atomic E-state index is -0.403. The van der Waals surface area contributed by atoms with Crippen LogP contribution in [0.2, 0.25) is 0 Å². The van der Waals surface area contributed by atoms with Crippen LogP contribution in [0.25, 0.3) is 0 Å². The second-order valence-electron chi connectivity index (χ2n) is 4.32. The van der Waals surface area contributed by atoms with Crippen LogP contribution in [0, 0.1) is 0 Å². The third kappa shape index (κ3) is 2.41. The van der Waals surface area contributed by atoms with Crippen LogP contribution in [0.1, 0.15) is 41.8 Å². The zero-order valence-electron chi connectivity index (χ0n) is 9.11. The molecule has 4 nitrogen and oxygen atoms in total. The van der Waals surface area contributed by atoms with Gasteiger partial charge >= 0.3 is 0 Å². The Morgan fingerprint density at radius 2 is 2.25 bits per heavy atom. The summed E-state index contributed by atoms with van der Waals surface area (Å²) in [6, 6.07) is 0. The van der Waals surface area contributed by atoms with E-state index in [0.717, 1.165) is 25.7 Å². The lowest BCUT2D eigenvalue weighted by Gasteiger charge is -2.36. The number of hydrogen-bond donors (Lipinski definition) is 2. The molecule has 0 atom stereocenters. The van der Waals surface area contributed by atoms with Crippen molar-refractivity contribution >= 4 is 17.2 Å². The van der Waals surface area contributed by atoms with Crippen LogP contribution in [0.15, 0.2) is 11.7 Å². The van der Waals surface area contributed by atoms with Crippen LogP contribution in [0.5, 0.6) is 0 Å². The van der Waals surface area contributed by atoms with Crippen LogP contribution in [0.4, 0.5) is 0 Å². The van der Waals surface area contributed by atoms with Crippen LogP contribution < -0.4 is 5.32 Å². The molecule has 1 aliphatic rings. The fourth-order valence-electron chi connectivity index (χ4n) is 2.18. The summed E-state index contributed by atoms with van der Waals surface area (Å²) in [7, 11) is 0. The molecule has 0 aromatic carbocycles. The van der Waals surface area contributed by atoms with E-state index in [4.69, 9.17) is 0 Å². The van der Waals surface area contributed by atoms with E-state index in [1.807, 2.05) is 0 Å². The molecular weight excluding hydrogens is 224 g/mol. The fraction of sp³-hybridized carbons (Fsp3) is 0.636. The number of aliphatic hydroxyl groups is 1. The molecule has 0 aliphatic heterocycles. The van der Waals surface area contributed by atoms with Gasteiger partial charge in [-0.2, -0.15) is 0 Å². The Bertz CT molecular complexity index is 345. The number of thiazole rings is 1. The van der Waals surface area contributed by atoms with E-state index in [9.17, 15) is 9.90 Å². The molecule has 0 unspecified atom stereocenters. The quantitative estimate of drug-likeness (QED) is 0.843. The second kappa shape index (κ2) is 4.93. The summed E-state index contributed by atoms with van der Waals surface area (Å²) in [5, 5.41) is 12.4. The number of hydrogen-bond acceptors (Lipinski definition) is 4. The van der Waals surface area contributed by atoms with Crippen LogP contribution >= 0.6 is 11.3 Å². The Morgan fingerprint density at radius 3 is 2.81 bits per heavy atom. The number of rotatable bonds is 3. The summed E-state index contributed by atoms with van der Waals surface area (Å²) in [6.07, 6.45) is 6.64. The minimum absolute atomic E-state index is 0.0253. The third-order valence-electron chi connectivity index (χ3n) is 3.15. The monoisotopic (exact) mass is 240 g/mol. The van der Waals surface area contributed by atoms with E-state index in [1.54, 1.807) is 11.7 Å². The SMILES string of the molecule is O=C(NC1(CO)CCCCC1)c1cncs1. The van der Waals surface area contributed by atoms with E-state index < -0.39 is 5.54 Å². The molecule has 1 amide bonds. The molecule has 1 aromatic rings. The van der Waals surface area contributed by atoms with Crippen molar-refractivity contribution < 1.29 is 9.90 Å². The lowest BCUT2D eigenvalue weighted by atomic mass is 9.82. The number of amides is 1. The first kappa shape index (κ1) is 11.5. The second-order valence-corrected chi connectivity index (χ2v) is 5.21. The average molecular weight is 240 g/mol. The maximum absolute atomic E-state index is 11.9. The number of aromatic nitrogens is 1. The molecule has 1 saturated carbocycles. The molecule has 0 saturated heterocycles. The van der Waals surface area contributed by atoms with Crippen molar-refractivity contribution in [2.24, 2.45) is 0 Å². The molecule has 1 aliphatic carbocycles. The smallest absolute Gasteiger partial charge is 0.263 e. The number of nitrogens with one attached hydrogen (secondary N) is 1. The third-order valence-corrected chi connectivity index (χ3v) is 3.92. The molecule has 2 N–H and O–H groups in total. The Kier molecular flexibility index (Phi) is 3.56. The molecule has 0 spiro atoms. The summed E-state index contributed by atoms with van der Waals surface area (Å²) in [6.45, 7) is 0.0253. The summed E-state index contributed by atoms with van der Waals surface area (Å²) in [5.41, 5.74) is 1.24. The number of nitrogens with zero attached hydrogens (tertiary/aromatic N) is 1. The maximum atomic E-state index is 11.9. The van der Waals surface area contributed by atoms with E-state index in [-0.39, 0.29) is 12.5 Å². The molecule has 16 heavy (non-hydrogen) atoms. The molecule has 1 heterocycles. The van der Waals surface area contributed by atoms with E-state index in [0.29, 0.717) is 4.88 Å². The van der Waals surface area contributed by atoms with Crippen molar-refractivity contribution in [3.63, 3.8) is 0 Å². The van der Waals surface area contributed by atoms with Gasteiger partial charge in [0.1, 0.15) is 4.88 Å². The fourth-order valence-corrected chi connectivity index (χ4v) is 2.70. The Labute approximate surface area is 98.7 Å². The van der Waals surface area contributed by atoms with Gasteiger partial charge in [0.25, 0.3) is 5.91 Å². The zero-order chi connectivity index (χ0) is 11.4. The van der Waals surface area contributed by atoms with Crippen LogP contribution in [-0.4, -0.2) is 28.1 Å². The molecule has 1 fully saturated rings. The highest BCUT2D eigenvalue weighted by atomic mass is 32.1. The highest BCUT2D eigenvalue weighted by Crippen LogP contribution is 2.28. The minimum Gasteiger partial charge on any atom is -0.394 e. The van der Waals surface area contributed by atoms with Crippen molar-refractivity contribution in [3.05, 3.63) is 16.6 Å². The van der Waals surface area contributed by atoms with Gasteiger partial charge in [0.15, 0.2) is 0 Å². The van der Waals surface area contributed by atoms with Gasteiger partial charge in [0.05, 0.1) is 23.9 Å². The molecule has 0 bridgehead atoms. The van der Waals surface area contributed by atoms with Crippen molar-refractivity contribution in [1.29, 1.82) is 0 Å². The summed E-state index contributed by atoms with van der Waals surface area (Å²) in [5.74, 6) is -0.113. The van der Waals surface area contributed by atoms with E-state index in [2.05, 4.69) is 10.3 Å². The predicted molar refractivity (Wildman–Crippen MR) is 62.5 cm³/mol. The Hall–Kier alpha value is -0.940. The van der Waals surface area contributed by atoms with Crippen LogP contribution in [0.3, 0.4) is 0 Å². The van der Waals surface area contributed by atoms with E-state index >= 15 is 0 Å². The Balaban J connectivity index is 2.03. The van der Waals surface area contributed by atoms with Crippen molar-refractivity contribution in [2.45, 2.75) is 37.6 Å². The van der Waals surface area contributed by atoms with Gasteiger partial charge in [-0.25, -0.2) is 0 Å². The van der Waals surface area contributed by atoms with Gasteiger partial charge in [-0.1, -0.05) is 19.3 Å². The number of carbonyl (C=O) groups is 1. The number of aliphatic hydroxyl groups excluding tert-OH is 1. The topological polar surface area (TPSA) is 62.2 Å². The lowest BCUT2D eigenvalue weighted by Crippen LogP contribution is -2.52. The standard InChI is InChI=1S/C11H16N2O2S/c14-7-11(4-2-1-3-5-11)13-10(15)9-6-12-8-16-9/h6,8,14H,1-5,7H2,(H,13,15). The summed E-state index contributed by atoms with van der Waals surface area (Å²) >= 11 is 1.32. The largest absolute Gasteiger partial charge is 0.394 e. The van der Waals surface area contributed by atoms with Gasteiger partial charge < -0.3 is 10.4 Å². The normalized spacial score (nSPS) is 19.3. The highest BCUT2D eigenvalue weighted by molar-refractivity contribution is 7.11. The van der Waals surface area contributed by atoms with Gasteiger partial charge in [0, 0.05) is 0 Å². The van der Waals surface area contributed by atoms with Crippen molar-refractivity contribution in [1.82, 2.24) is 10.3 Å². The zero-order valence-corrected chi connectivity index (χ0v) is 9.92. The molecule has 88 valence electrons. The van der Waals surface area contributed by atoms with E-state index in [1.165, 1.54) is 17.8 Å². The Morgan fingerprint density at radius 1 is 1.50 bits per heavy atom. The summed E-state index contributed by atoms with van der Waals surface area (Å²) < 4.78 is 0. The van der Waals surface area contributed by atoms with Gasteiger partial charge in [-0.15, -0.1) is 11.3 Å². The highest BCUT2D eigenvalue weighted by Gasteiger charge is 2.33. The van der Waals surface area contributed by atoms with Crippen molar-refractivity contribution in [2.75, 3.05) is 6.61 Å². The first-order chi connectivity index (χ1) is 7.76. The van der Waals surface area contributed by atoms with Gasteiger partial charge in [-0.3, -0.25) is 9.78 Å².